The van der Waals surface area contributed by atoms with Crippen molar-refractivity contribution in [3.63, 3.8) is 0 Å². The van der Waals surface area contributed by atoms with E-state index in [0.717, 1.165) is 18.2 Å². The predicted molar refractivity (Wildman–Crippen MR) is 53.4 cm³/mol. The maximum atomic E-state index is 12.7. The standard InChI is InChI=1S/C8H9ClFNO3S/c1-2-14-11-15(12,13)8-4-3-6(10)5-7(8)9/h3-5,11H,2H2,1H3. The molecular weight excluding hydrogens is 245 g/mol. The number of nitrogens with one attached hydrogen (secondary N) is 1. The van der Waals surface area contributed by atoms with Crippen LogP contribution in [0.25, 0.3) is 0 Å². The lowest BCUT2D eigenvalue weighted by atomic mass is 10.3. The van der Waals surface area contributed by atoms with Crippen LogP contribution in [0.15, 0.2) is 23.1 Å². The summed E-state index contributed by atoms with van der Waals surface area (Å²) in [4.78, 5) is 6.18. The van der Waals surface area contributed by atoms with Gasteiger partial charge in [-0.05, 0) is 25.1 Å². The maximum absolute atomic E-state index is 12.7. The summed E-state index contributed by atoms with van der Waals surface area (Å²) in [6, 6.07) is 2.99. The summed E-state index contributed by atoms with van der Waals surface area (Å²) in [5.41, 5.74) is 0. The van der Waals surface area contributed by atoms with E-state index in [1.807, 2.05) is 4.89 Å². The van der Waals surface area contributed by atoms with Gasteiger partial charge in [-0.25, -0.2) is 12.8 Å². The molecule has 84 valence electrons. The lowest BCUT2D eigenvalue weighted by Crippen LogP contribution is -2.24. The Labute approximate surface area is 92.0 Å². The highest BCUT2D eigenvalue weighted by molar-refractivity contribution is 7.89. The first-order valence-corrected chi connectivity index (χ1v) is 5.92. The molecule has 0 atom stereocenters. The molecule has 0 aliphatic carbocycles. The lowest BCUT2D eigenvalue weighted by Gasteiger charge is -2.06. The van der Waals surface area contributed by atoms with Crippen LogP contribution in [0.1, 0.15) is 6.92 Å². The Hall–Kier alpha value is -0.690. The van der Waals surface area contributed by atoms with Crippen LogP contribution in [0.5, 0.6) is 0 Å². The molecule has 0 spiro atoms. The largest absolute Gasteiger partial charge is 0.287 e. The fourth-order valence-electron chi connectivity index (χ4n) is 0.875. The molecule has 0 saturated heterocycles. The number of rotatable bonds is 4. The van der Waals surface area contributed by atoms with Crippen molar-refractivity contribution in [2.75, 3.05) is 6.61 Å². The van der Waals surface area contributed by atoms with E-state index < -0.39 is 15.8 Å². The van der Waals surface area contributed by atoms with Gasteiger partial charge in [0.2, 0.25) is 0 Å². The van der Waals surface area contributed by atoms with Gasteiger partial charge in [0.1, 0.15) is 10.7 Å². The average Bonchev–Trinajstić information content (AvgIpc) is 2.14. The van der Waals surface area contributed by atoms with Crippen LogP contribution in [-0.2, 0) is 14.9 Å². The van der Waals surface area contributed by atoms with Crippen molar-refractivity contribution in [2.45, 2.75) is 11.8 Å². The van der Waals surface area contributed by atoms with Crippen molar-refractivity contribution in [3.8, 4) is 0 Å². The van der Waals surface area contributed by atoms with Crippen molar-refractivity contribution < 1.29 is 17.6 Å². The van der Waals surface area contributed by atoms with E-state index in [1.54, 1.807) is 6.92 Å². The normalized spacial score (nSPS) is 11.7. The fourth-order valence-corrected chi connectivity index (χ4v) is 2.27. The van der Waals surface area contributed by atoms with E-state index in [9.17, 15) is 12.8 Å². The third-order valence-corrected chi connectivity index (χ3v) is 3.19. The van der Waals surface area contributed by atoms with Crippen molar-refractivity contribution in [3.05, 3.63) is 29.0 Å². The molecule has 0 amide bonds. The minimum absolute atomic E-state index is 0.179. The molecule has 0 aliphatic rings. The molecule has 0 aliphatic heterocycles. The quantitative estimate of drug-likeness (QED) is 0.831. The van der Waals surface area contributed by atoms with Gasteiger partial charge in [0.25, 0.3) is 10.0 Å². The molecule has 0 saturated carbocycles. The molecule has 0 aromatic heterocycles. The Kier molecular flexibility index (Phi) is 4.04. The third kappa shape index (κ3) is 3.13. The van der Waals surface area contributed by atoms with Gasteiger partial charge in [-0.2, -0.15) is 0 Å². The second-order valence-electron chi connectivity index (χ2n) is 2.59. The van der Waals surface area contributed by atoms with Gasteiger partial charge in [0.15, 0.2) is 0 Å². The molecule has 1 N–H and O–H groups in total. The van der Waals surface area contributed by atoms with Crippen LogP contribution in [0.3, 0.4) is 0 Å². The first-order chi connectivity index (χ1) is 6.97. The van der Waals surface area contributed by atoms with Gasteiger partial charge < -0.3 is 0 Å². The smallest absolute Gasteiger partial charge is 0.263 e. The Balaban J connectivity index is 3.05. The summed E-state index contributed by atoms with van der Waals surface area (Å²) in [5.74, 6) is -0.602. The van der Waals surface area contributed by atoms with Crippen molar-refractivity contribution >= 4 is 21.6 Å². The van der Waals surface area contributed by atoms with Crippen LogP contribution in [0, 0.1) is 5.82 Å². The highest BCUT2D eigenvalue weighted by Crippen LogP contribution is 2.21. The number of hydrogen-bond donors (Lipinski definition) is 1. The maximum Gasteiger partial charge on any atom is 0.263 e. The highest BCUT2D eigenvalue weighted by Gasteiger charge is 2.18. The topological polar surface area (TPSA) is 55.4 Å². The number of hydrogen-bond acceptors (Lipinski definition) is 3. The highest BCUT2D eigenvalue weighted by atomic mass is 35.5. The SMILES string of the molecule is CCONS(=O)(=O)c1ccc(F)cc1Cl. The van der Waals surface area contributed by atoms with Crippen LogP contribution in [-0.4, -0.2) is 15.0 Å². The molecule has 1 aromatic carbocycles. The minimum atomic E-state index is -3.84. The Morgan fingerprint density at radius 1 is 1.53 bits per heavy atom. The summed E-state index contributed by atoms with van der Waals surface area (Å²) in [7, 11) is -3.84. The summed E-state index contributed by atoms with van der Waals surface area (Å²) in [6.45, 7) is 1.80. The summed E-state index contributed by atoms with van der Waals surface area (Å²) < 4.78 is 35.6. The van der Waals surface area contributed by atoms with Crippen LogP contribution < -0.4 is 4.89 Å². The van der Waals surface area contributed by atoms with Crippen molar-refractivity contribution in [1.82, 2.24) is 4.89 Å². The van der Waals surface area contributed by atoms with Crippen molar-refractivity contribution in [2.24, 2.45) is 0 Å². The predicted octanol–water partition coefficient (Wildman–Crippen LogP) is 1.71. The first-order valence-electron chi connectivity index (χ1n) is 4.06. The zero-order valence-electron chi connectivity index (χ0n) is 7.83. The first kappa shape index (κ1) is 12.4. The molecule has 0 fully saturated rings. The van der Waals surface area contributed by atoms with E-state index in [1.165, 1.54) is 0 Å². The van der Waals surface area contributed by atoms with E-state index in [2.05, 4.69) is 4.84 Å². The van der Waals surface area contributed by atoms with Gasteiger partial charge in [0, 0.05) is 0 Å². The minimum Gasteiger partial charge on any atom is -0.287 e. The van der Waals surface area contributed by atoms with Gasteiger partial charge in [-0.1, -0.05) is 16.5 Å². The summed E-state index contributed by atoms with van der Waals surface area (Å²) in [6.07, 6.45) is 0. The van der Waals surface area contributed by atoms with Gasteiger partial charge in [-0.3, -0.25) is 4.84 Å². The van der Waals surface area contributed by atoms with E-state index in [-0.39, 0.29) is 16.5 Å². The Morgan fingerprint density at radius 2 is 2.20 bits per heavy atom. The van der Waals surface area contributed by atoms with Gasteiger partial charge in [-0.15, -0.1) is 0 Å². The number of sulfonamides is 1. The van der Waals surface area contributed by atoms with E-state index in [4.69, 9.17) is 11.6 Å². The zero-order valence-corrected chi connectivity index (χ0v) is 9.40. The molecular formula is C8H9ClFNO3S. The van der Waals surface area contributed by atoms with Crippen molar-refractivity contribution in [1.29, 1.82) is 0 Å². The molecule has 1 aromatic rings. The van der Waals surface area contributed by atoms with Crippen LogP contribution >= 0.6 is 11.6 Å². The monoisotopic (exact) mass is 253 g/mol. The second kappa shape index (κ2) is 4.89. The lowest BCUT2D eigenvalue weighted by molar-refractivity contribution is 0.105. The number of halogens is 2. The molecule has 0 radical (unpaired) electrons. The fraction of sp³-hybridized carbons (Fsp3) is 0.250. The molecule has 4 nitrogen and oxygen atoms in total. The molecule has 0 heterocycles. The van der Waals surface area contributed by atoms with Crippen LogP contribution in [0.2, 0.25) is 5.02 Å². The average molecular weight is 254 g/mol. The molecule has 0 unspecified atom stereocenters. The Morgan fingerprint density at radius 3 is 2.73 bits per heavy atom. The molecule has 1 rings (SSSR count). The molecule has 0 bridgehead atoms. The second-order valence-corrected chi connectivity index (χ2v) is 4.62. The Bertz CT molecular complexity index is 449. The third-order valence-electron chi connectivity index (χ3n) is 1.50. The molecule has 15 heavy (non-hydrogen) atoms. The molecule has 7 heteroatoms. The van der Waals surface area contributed by atoms with E-state index >= 15 is 0 Å². The number of benzene rings is 1. The summed E-state index contributed by atoms with van der Waals surface area (Å²) >= 11 is 5.58. The van der Waals surface area contributed by atoms with Gasteiger partial charge in [0.05, 0.1) is 11.6 Å². The van der Waals surface area contributed by atoms with E-state index in [0.29, 0.717) is 0 Å². The zero-order chi connectivity index (χ0) is 11.5. The summed E-state index contributed by atoms with van der Waals surface area (Å²) in [5, 5.41) is -0.192. The van der Waals surface area contributed by atoms with Gasteiger partial charge >= 0.3 is 0 Å². The van der Waals surface area contributed by atoms with Crippen LogP contribution in [0.4, 0.5) is 4.39 Å².